The van der Waals surface area contributed by atoms with Crippen molar-refractivity contribution < 1.29 is 42.9 Å². The van der Waals surface area contributed by atoms with Crippen LogP contribution in [-0.4, -0.2) is 60.5 Å². The van der Waals surface area contributed by atoms with Crippen molar-refractivity contribution in [3.63, 3.8) is 0 Å². The Kier molecular flexibility index (Phi) is 4.86. The molecular weight excluding hydrogens is 1180 g/mol. The van der Waals surface area contributed by atoms with E-state index in [9.17, 15) is 4.79 Å². The van der Waals surface area contributed by atoms with Crippen molar-refractivity contribution in [1.82, 2.24) is 0 Å². The first-order valence-electron chi connectivity index (χ1n) is 34.8. The second kappa shape index (κ2) is 10.5. The summed E-state index contributed by atoms with van der Waals surface area (Å²) in [5.41, 5.74) is -3.00. The molecule has 0 N–H and O–H groups in total. The SMILES string of the molecule is CC(C)(C)C(=O)OC[C@H]1OC2([C@H](OC(=O)C(C)(C)C)[C@@H](OC(=O)C(C)(C)C)[C@@H]1OC(=O)C(C)(C)C)C13c4c5c6c7c8c9c(c%10c%11c1c1c4c4c%12c5c5c6c6c8c8c%13c9c9c%10c%10c%11c%11c1c1c4c4c%12c%12c5c5c6c8c6c8c%13c9c9c%10c%10c%11c1c1c4c4c%12c5c6c5c8c9c%10c1c45)C732. The van der Waals surface area contributed by atoms with Crippen molar-refractivity contribution in [2.45, 2.75) is 124 Å². The Labute approximate surface area is 529 Å². The highest BCUT2D eigenvalue weighted by molar-refractivity contribution is 6.82. The molecule has 1 saturated carbocycles. The lowest BCUT2D eigenvalue weighted by atomic mass is 9.68. The van der Waals surface area contributed by atoms with E-state index in [0.29, 0.717) is 0 Å². The van der Waals surface area contributed by atoms with Gasteiger partial charge in [0, 0.05) is 0 Å². The van der Waals surface area contributed by atoms with Crippen LogP contribution in [0.4, 0.5) is 0 Å². The molecule has 4 atom stereocenters. The highest BCUT2D eigenvalue weighted by Crippen LogP contribution is 2.95. The van der Waals surface area contributed by atoms with Gasteiger partial charge < -0.3 is 23.7 Å². The van der Waals surface area contributed by atoms with E-state index in [-0.39, 0.29) is 6.61 Å². The molecule has 1 aliphatic heterocycles. The summed E-state index contributed by atoms with van der Waals surface area (Å²) in [5, 5.41) is 77.3. The first-order chi connectivity index (χ1) is 45.5. The van der Waals surface area contributed by atoms with Gasteiger partial charge in [0.15, 0.2) is 18.3 Å². The van der Waals surface area contributed by atoms with E-state index < -0.39 is 86.4 Å². The molecule has 9 nitrogen and oxygen atoms in total. The monoisotopic (exact) mass is 1220 g/mol. The number of esters is 4. The van der Waals surface area contributed by atoms with Gasteiger partial charge in [-0.3, -0.25) is 19.2 Å². The maximum Gasteiger partial charge on any atom is 0.311 e. The third-order valence-electron chi connectivity index (χ3n) is 29.6. The van der Waals surface area contributed by atoms with Gasteiger partial charge in [0.25, 0.3) is 0 Å². The van der Waals surface area contributed by atoms with Crippen LogP contribution in [0.25, 0.3) is 291 Å². The minimum absolute atomic E-state index is 0.325. The molecular formula is C86H42O9. The van der Waals surface area contributed by atoms with Crippen LogP contribution in [0.3, 0.4) is 0 Å². The van der Waals surface area contributed by atoms with E-state index >= 15 is 14.4 Å². The Morgan fingerprint density at radius 2 is 0.442 bits per heavy atom. The molecule has 1 saturated heterocycles. The highest BCUT2D eigenvalue weighted by atomic mass is 16.7. The third kappa shape index (κ3) is 2.91. The van der Waals surface area contributed by atoms with Gasteiger partial charge in [-0.25, -0.2) is 0 Å². The van der Waals surface area contributed by atoms with Crippen molar-refractivity contribution in [3.8, 4) is 0 Å². The summed E-state index contributed by atoms with van der Waals surface area (Å²) in [4.78, 5) is 61.9. The Morgan fingerprint density at radius 1 is 0.263 bits per heavy atom. The molecule has 28 aromatic carbocycles. The summed E-state index contributed by atoms with van der Waals surface area (Å²) in [7, 11) is 0. The molecule has 2 fully saturated rings. The third-order valence-corrected chi connectivity index (χ3v) is 29.6. The molecule has 440 valence electrons. The van der Waals surface area contributed by atoms with Crippen molar-refractivity contribution >= 4 is 315 Å². The molecule has 5 aliphatic carbocycles. The number of hydrogen-bond donors (Lipinski definition) is 0. The molecule has 9 heteroatoms. The van der Waals surface area contributed by atoms with Crippen LogP contribution in [0, 0.1) is 21.7 Å². The van der Waals surface area contributed by atoms with Crippen LogP contribution in [0.2, 0.25) is 0 Å². The normalized spacial score (nSPS) is 25.6. The highest BCUT2D eigenvalue weighted by Gasteiger charge is 3.00. The second-order valence-corrected chi connectivity index (χ2v) is 36.8. The van der Waals surface area contributed by atoms with Gasteiger partial charge in [-0.05, 0) is 396 Å². The summed E-state index contributed by atoms with van der Waals surface area (Å²) in [6.07, 6.45) is -5.48. The maximum absolute atomic E-state index is 16.2. The van der Waals surface area contributed by atoms with E-state index in [1.807, 2.05) is 83.1 Å². The number of hydrogen-bond acceptors (Lipinski definition) is 9. The smallest absolute Gasteiger partial charge is 0.311 e. The molecule has 1 heterocycles. The van der Waals surface area contributed by atoms with Gasteiger partial charge in [0.1, 0.15) is 18.3 Å². The van der Waals surface area contributed by atoms with Crippen LogP contribution in [0.1, 0.15) is 105 Å². The van der Waals surface area contributed by atoms with E-state index in [2.05, 4.69) is 0 Å². The van der Waals surface area contributed by atoms with Crippen molar-refractivity contribution in [2.75, 3.05) is 6.61 Å². The molecule has 34 rings (SSSR count). The minimum atomic E-state index is -1.64. The molecule has 0 aromatic heterocycles. The predicted octanol–water partition coefficient (Wildman–Crippen LogP) is 19.9. The second-order valence-electron chi connectivity index (χ2n) is 36.8. The zero-order valence-electron chi connectivity index (χ0n) is 53.2. The summed E-state index contributed by atoms with van der Waals surface area (Å²) < 4.78 is 37.8. The molecule has 0 unspecified atom stereocenters. The van der Waals surface area contributed by atoms with Crippen LogP contribution in [0.5, 0.6) is 0 Å². The fourth-order valence-corrected chi connectivity index (χ4v) is 28.0. The van der Waals surface area contributed by atoms with Gasteiger partial charge in [-0.1, -0.05) is 0 Å². The van der Waals surface area contributed by atoms with Crippen LogP contribution >= 0.6 is 0 Å². The predicted molar refractivity (Wildman–Crippen MR) is 380 cm³/mol. The number of carbonyl (C=O) groups excluding carboxylic acids is 4. The van der Waals surface area contributed by atoms with Gasteiger partial charge in [-0.2, -0.15) is 0 Å². The van der Waals surface area contributed by atoms with Gasteiger partial charge in [0.05, 0.1) is 32.5 Å². The molecule has 0 amide bonds. The van der Waals surface area contributed by atoms with Gasteiger partial charge in [0.2, 0.25) is 0 Å². The molecule has 3 spiro atoms. The van der Waals surface area contributed by atoms with Crippen LogP contribution in [-0.2, 0) is 53.7 Å². The number of ether oxygens (including phenoxy) is 5. The average molecular weight is 1220 g/mol. The van der Waals surface area contributed by atoms with Crippen LogP contribution < -0.4 is 0 Å². The van der Waals surface area contributed by atoms with Crippen LogP contribution in [0.15, 0.2) is 0 Å². The molecule has 0 bridgehead atoms. The lowest BCUT2D eigenvalue weighted by molar-refractivity contribution is -0.273. The Morgan fingerprint density at radius 3 is 0.642 bits per heavy atom. The summed E-state index contributed by atoms with van der Waals surface area (Å²) in [6, 6.07) is 0. The van der Waals surface area contributed by atoms with E-state index in [0.717, 1.165) is 0 Å². The Hall–Kier alpha value is -9.70. The maximum atomic E-state index is 16.2. The van der Waals surface area contributed by atoms with Gasteiger partial charge in [-0.15, -0.1) is 0 Å². The molecule has 6 aliphatic rings. The van der Waals surface area contributed by atoms with E-state index in [1.165, 1.54) is 313 Å². The largest absolute Gasteiger partial charge is 0.462 e. The fourth-order valence-electron chi connectivity index (χ4n) is 28.0. The van der Waals surface area contributed by atoms with Gasteiger partial charge >= 0.3 is 23.9 Å². The summed E-state index contributed by atoms with van der Waals surface area (Å²) >= 11 is 0. The zero-order chi connectivity index (χ0) is 61.8. The lowest BCUT2D eigenvalue weighted by Gasteiger charge is -2.48. The average Bonchev–Trinajstić information content (AvgIpc) is 1.35. The zero-order valence-corrected chi connectivity index (χ0v) is 53.2. The summed E-state index contributed by atoms with van der Waals surface area (Å²) in [5.74, 6) is -2.00. The quantitative estimate of drug-likeness (QED) is 0.0944. The molecule has 28 aromatic rings. The number of rotatable bonds is 5. The van der Waals surface area contributed by atoms with E-state index in [1.54, 1.807) is 0 Å². The fraction of sp³-hybridized carbons (Fsp3) is 0.279. The number of benzene rings is 18. The molecule has 95 heavy (non-hydrogen) atoms. The number of carbonyl (C=O) groups is 4. The van der Waals surface area contributed by atoms with E-state index in [4.69, 9.17) is 23.7 Å². The van der Waals surface area contributed by atoms with Crippen molar-refractivity contribution in [2.24, 2.45) is 21.7 Å². The Bertz CT molecular complexity index is 7740. The topological polar surface area (TPSA) is 114 Å². The van der Waals surface area contributed by atoms with Crippen molar-refractivity contribution in [3.05, 3.63) is 22.3 Å². The first-order valence-corrected chi connectivity index (χ1v) is 34.8. The molecule has 0 radical (unpaired) electrons. The lowest BCUT2D eigenvalue weighted by Crippen LogP contribution is -2.67. The standard InChI is InChI=1S/C86H42O9/c1-80(2,3)76(87)91-13-14-73(92-77(88)81(4,5)6)74(93-78(89)82(7,8)9)75(94-79(90)83(10,11)12)86(95-14)84-69-61-53-43-33-25-17-15-16-19-23-21(17)29-37-31(23)41-35-27(19)28-20(16)24-22-18(15)26(25)34-40-30(22)38-32(24)42-36(28)46-45(35)55-49(41)59-51(37)57(47(53)39(29)33)65(69)67(59)71-63(55)64-56(46)50(42)60-52(38)58-48(40)54(44(34)43)62(61)70(84)66(58)68(60)72(64)85(71,84)86/h14,73-75H,13H2,1-12H3/t14-,73-,74+,75-,84?,85?,86?/m1/s1. The Balaban J connectivity index is 0.909. The first kappa shape index (κ1) is 44.1. The van der Waals surface area contributed by atoms with Crippen molar-refractivity contribution in [1.29, 1.82) is 0 Å². The summed E-state index contributed by atoms with van der Waals surface area (Å²) in [6.45, 7) is 21.9. The minimum Gasteiger partial charge on any atom is -0.462 e.